The molecule has 4 heteroatoms. The van der Waals surface area contributed by atoms with E-state index in [0.29, 0.717) is 11.4 Å². The van der Waals surface area contributed by atoms with E-state index in [1.54, 1.807) is 18.3 Å². The van der Waals surface area contributed by atoms with Crippen LogP contribution < -0.4 is 5.73 Å². The highest BCUT2D eigenvalue weighted by atomic mass is 16.1. The van der Waals surface area contributed by atoms with Crippen LogP contribution in [0, 0.1) is 0 Å². The normalized spacial score (nSPS) is 10.6. The average Bonchev–Trinajstić information content (AvgIpc) is 2.47. The molecule has 0 bridgehead atoms. The number of nitrogens with zero attached hydrogens (tertiary/aromatic N) is 2. The Kier molecular flexibility index (Phi) is 3.13. The molecular formula is C16H13N3O. The molecule has 0 aliphatic heterocycles. The number of nitrogens with two attached hydrogens (primary N) is 1. The fourth-order valence-electron chi connectivity index (χ4n) is 2.11. The Morgan fingerprint density at radius 2 is 1.90 bits per heavy atom. The number of pyridine rings is 2. The lowest BCUT2D eigenvalue weighted by atomic mass is 10.1. The minimum absolute atomic E-state index is 0.120. The van der Waals surface area contributed by atoms with Crippen LogP contribution in [-0.2, 0) is 6.42 Å². The Hall–Kier alpha value is -2.75. The Morgan fingerprint density at radius 1 is 1.05 bits per heavy atom. The number of carbonyl (C=O) groups excluding carboxylic acids is 1. The van der Waals surface area contributed by atoms with Gasteiger partial charge >= 0.3 is 0 Å². The van der Waals surface area contributed by atoms with Gasteiger partial charge in [-0.1, -0.05) is 24.3 Å². The summed E-state index contributed by atoms with van der Waals surface area (Å²) in [6.07, 6.45) is 1.77. The predicted molar refractivity (Wildman–Crippen MR) is 78.4 cm³/mol. The number of fused-ring (bicyclic) bond motifs is 1. The van der Waals surface area contributed by atoms with E-state index in [-0.39, 0.29) is 12.2 Å². The first kappa shape index (κ1) is 12.3. The zero-order chi connectivity index (χ0) is 13.9. The molecule has 0 radical (unpaired) electrons. The summed E-state index contributed by atoms with van der Waals surface area (Å²) in [7, 11) is 0. The molecule has 3 aromatic rings. The third-order valence-electron chi connectivity index (χ3n) is 3.10. The largest absolute Gasteiger partial charge is 0.397 e. The van der Waals surface area contributed by atoms with Crippen LogP contribution in [0.15, 0.2) is 54.7 Å². The Balaban J connectivity index is 1.89. The molecular weight excluding hydrogens is 250 g/mol. The molecule has 0 saturated heterocycles. The van der Waals surface area contributed by atoms with Crippen molar-refractivity contribution in [2.24, 2.45) is 0 Å². The van der Waals surface area contributed by atoms with Crippen molar-refractivity contribution in [1.29, 1.82) is 0 Å². The van der Waals surface area contributed by atoms with Crippen molar-refractivity contribution in [3.8, 4) is 0 Å². The van der Waals surface area contributed by atoms with Crippen LogP contribution in [0.25, 0.3) is 10.9 Å². The minimum atomic E-state index is -0.120. The number of Topliss-reactive ketones (excluding diaryl/α,β-unsaturated/α-hetero) is 1. The van der Waals surface area contributed by atoms with E-state index >= 15 is 0 Å². The summed E-state index contributed by atoms with van der Waals surface area (Å²) in [6, 6.07) is 15.0. The van der Waals surface area contributed by atoms with Crippen LogP contribution in [-0.4, -0.2) is 15.8 Å². The van der Waals surface area contributed by atoms with E-state index in [9.17, 15) is 4.79 Å². The lowest BCUT2D eigenvalue weighted by Crippen LogP contribution is -2.10. The highest BCUT2D eigenvalue weighted by Crippen LogP contribution is 2.14. The number of ketones is 1. The van der Waals surface area contributed by atoms with Crippen molar-refractivity contribution in [3.63, 3.8) is 0 Å². The van der Waals surface area contributed by atoms with Crippen LogP contribution in [0.1, 0.15) is 16.2 Å². The van der Waals surface area contributed by atoms with Crippen LogP contribution >= 0.6 is 0 Å². The summed E-state index contributed by atoms with van der Waals surface area (Å²) in [5.41, 5.74) is 8.07. The molecule has 0 amide bonds. The second-order valence-electron chi connectivity index (χ2n) is 4.54. The van der Waals surface area contributed by atoms with Gasteiger partial charge in [0.05, 0.1) is 17.6 Å². The van der Waals surface area contributed by atoms with E-state index in [2.05, 4.69) is 9.97 Å². The fraction of sp³-hybridized carbons (Fsp3) is 0.0625. The zero-order valence-corrected chi connectivity index (χ0v) is 10.8. The molecule has 0 saturated carbocycles. The van der Waals surface area contributed by atoms with E-state index < -0.39 is 0 Å². The Morgan fingerprint density at radius 3 is 2.75 bits per heavy atom. The van der Waals surface area contributed by atoms with Crippen LogP contribution in [0.5, 0.6) is 0 Å². The van der Waals surface area contributed by atoms with Crippen molar-refractivity contribution in [1.82, 2.24) is 9.97 Å². The van der Waals surface area contributed by atoms with Gasteiger partial charge in [-0.15, -0.1) is 0 Å². The number of benzene rings is 1. The summed E-state index contributed by atoms with van der Waals surface area (Å²) in [4.78, 5) is 20.7. The molecule has 0 unspecified atom stereocenters. The van der Waals surface area contributed by atoms with Gasteiger partial charge < -0.3 is 5.73 Å². The van der Waals surface area contributed by atoms with Crippen molar-refractivity contribution in [2.45, 2.75) is 6.42 Å². The van der Waals surface area contributed by atoms with Crippen LogP contribution in [0.3, 0.4) is 0 Å². The molecule has 0 aliphatic carbocycles. The topological polar surface area (TPSA) is 68.9 Å². The highest BCUT2D eigenvalue weighted by Gasteiger charge is 2.12. The second kappa shape index (κ2) is 5.09. The molecule has 4 nitrogen and oxygen atoms in total. The van der Waals surface area contributed by atoms with Crippen molar-refractivity contribution in [3.05, 3.63) is 66.1 Å². The maximum atomic E-state index is 12.2. The SMILES string of the molecule is Nc1cccnc1C(=O)Cc1ccc2ccccc2n1. The third-order valence-corrected chi connectivity index (χ3v) is 3.10. The van der Waals surface area contributed by atoms with Gasteiger partial charge in [-0.05, 0) is 24.3 Å². The summed E-state index contributed by atoms with van der Waals surface area (Å²) in [6.45, 7) is 0. The summed E-state index contributed by atoms with van der Waals surface area (Å²) >= 11 is 0. The Bertz CT molecular complexity index is 783. The van der Waals surface area contributed by atoms with Crippen LogP contribution in [0.4, 0.5) is 5.69 Å². The summed E-state index contributed by atoms with van der Waals surface area (Å²) in [5.74, 6) is -0.120. The quantitative estimate of drug-likeness (QED) is 0.737. The first-order valence-electron chi connectivity index (χ1n) is 6.32. The molecule has 2 aromatic heterocycles. The zero-order valence-electron chi connectivity index (χ0n) is 10.8. The molecule has 2 heterocycles. The first-order valence-corrected chi connectivity index (χ1v) is 6.32. The maximum Gasteiger partial charge on any atom is 0.189 e. The number of nitrogen functional groups attached to an aromatic ring is 1. The number of anilines is 1. The smallest absolute Gasteiger partial charge is 0.189 e. The number of hydrogen-bond donors (Lipinski definition) is 1. The summed E-state index contributed by atoms with van der Waals surface area (Å²) in [5, 5.41) is 1.06. The van der Waals surface area contributed by atoms with Gasteiger partial charge in [0, 0.05) is 17.3 Å². The van der Waals surface area contributed by atoms with E-state index in [1.807, 2.05) is 36.4 Å². The molecule has 2 N–H and O–H groups in total. The van der Waals surface area contributed by atoms with Crippen molar-refractivity contribution >= 4 is 22.4 Å². The monoisotopic (exact) mass is 263 g/mol. The van der Waals surface area contributed by atoms with Crippen molar-refractivity contribution < 1.29 is 4.79 Å². The van der Waals surface area contributed by atoms with Gasteiger partial charge in [-0.25, -0.2) is 0 Å². The predicted octanol–water partition coefficient (Wildman–Crippen LogP) is 2.64. The standard InChI is InChI=1S/C16H13N3O/c17-13-5-3-9-18-16(13)15(20)10-12-8-7-11-4-1-2-6-14(11)19-12/h1-9H,10,17H2. The molecule has 0 aliphatic rings. The molecule has 20 heavy (non-hydrogen) atoms. The number of para-hydroxylation sites is 1. The third kappa shape index (κ3) is 2.36. The van der Waals surface area contributed by atoms with Gasteiger partial charge in [-0.3, -0.25) is 14.8 Å². The minimum Gasteiger partial charge on any atom is -0.397 e. The fourth-order valence-corrected chi connectivity index (χ4v) is 2.11. The molecule has 3 rings (SSSR count). The van der Waals surface area contributed by atoms with E-state index in [4.69, 9.17) is 5.73 Å². The van der Waals surface area contributed by atoms with Gasteiger partial charge in [0.1, 0.15) is 5.69 Å². The molecule has 98 valence electrons. The molecule has 0 fully saturated rings. The number of carbonyl (C=O) groups is 1. The van der Waals surface area contributed by atoms with Crippen LogP contribution in [0.2, 0.25) is 0 Å². The average molecular weight is 263 g/mol. The second-order valence-corrected chi connectivity index (χ2v) is 4.54. The van der Waals surface area contributed by atoms with E-state index in [1.165, 1.54) is 0 Å². The number of hydrogen-bond acceptors (Lipinski definition) is 4. The molecule has 1 aromatic carbocycles. The van der Waals surface area contributed by atoms with Gasteiger partial charge in [0.2, 0.25) is 0 Å². The van der Waals surface area contributed by atoms with Gasteiger partial charge in [0.15, 0.2) is 5.78 Å². The maximum absolute atomic E-state index is 12.2. The Labute approximate surface area is 116 Å². The van der Waals surface area contributed by atoms with Gasteiger partial charge in [-0.2, -0.15) is 0 Å². The molecule has 0 atom stereocenters. The number of aromatic nitrogens is 2. The van der Waals surface area contributed by atoms with Gasteiger partial charge in [0.25, 0.3) is 0 Å². The number of rotatable bonds is 3. The lowest BCUT2D eigenvalue weighted by molar-refractivity contribution is 0.0988. The van der Waals surface area contributed by atoms with Crippen molar-refractivity contribution in [2.75, 3.05) is 5.73 Å². The van der Waals surface area contributed by atoms with E-state index in [0.717, 1.165) is 16.6 Å². The first-order chi connectivity index (χ1) is 9.74. The highest BCUT2D eigenvalue weighted by molar-refractivity contribution is 6.00. The summed E-state index contributed by atoms with van der Waals surface area (Å²) < 4.78 is 0. The molecule has 0 spiro atoms. The lowest BCUT2D eigenvalue weighted by Gasteiger charge is -2.04.